The number of hydrogen-bond acceptors (Lipinski definition) is 17. The third-order valence-electron chi connectivity index (χ3n) is 11.5. The Hall–Kier alpha value is -8.89. The number of Topliss-reactive ketones (excluding diaryl/α,β-unsaturated/α-hetero) is 1. The highest BCUT2D eigenvalue weighted by Crippen LogP contribution is 2.33. The van der Waals surface area contributed by atoms with E-state index < -0.39 is 53.7 Å². The molecule has 0 bridgehead atoms. The third-order valence-corrected chi connectivity index (χ3v) is 11.5. The van der Waals surface area contributed by atoms with Crippen LogP contribution in [0.15, 0.2) is 36.4 Å². The zero-order chi connectivity index (χ0) is 53.6. The molecule has 0 aliphatic rings. The second-order valence-corrected chi connectivity index (χ2v) is 15.5. The Kier molecular flexibility index (Phi) is 19.4. The summed E-state index contributed by atoms with van der Waals surface area (Å²) in [7, 11) is 5.64. The number of ether oxygens (including phenoxy) is 5. The van der Waals surface area contributed by atoms with Gasteiger partial charge < -0.3 is 72.8 Å². The minimum Gasteiger partial charge on any atom is -0.465 e. The summed E-state index contributed by atoms with van der Waals surface area (Å²) in [6.07, 6.45) is 1.22. The molecule has 0 radical (unpaired) electrons. The number of benzene rings is 4. The Morgan fingerprint density at radius 1 is 0.375 bits per heavy atom. The second-order valence-electron chi connectivity index (χ2n) is 15.5. The Bertz CT molecular complexity index is 2510. The molecule has 0 aliphatic carbocycles. The molecule has 4 aromatic carbocycles. The molecule has 0 aromatic heterocycles. The fourth-order valence-electron chi connectivity index (χ4n) is 8.01. The molecule has 6 amide bonds. The highest BCUT2D eigenvalue weighted by molar-refractivity contribution is 6.10. The van der Waals surface area contributed by atoms with Crippen LogP contribution in [-0.4, -0.2) is 89.3 Å². The van der Waals surface area contributed by atoms with Crippen LogP contribution in [0.4, 0.5) is 48.5 Å². The Morgan fingerprint density at radius 2 is 0.611 bits per heavy atom. The van der Waals surface area contributed by atoms with E-state index in [1.165, 1.54) is 36.4 Å². The maximum atomic E-state index is 13.7. The van der Waals surface area contributed by atoms with Crippen LogP contribution in [0.5, 0.6) is 0 Å². The number of carbonyl (C=O) groups is 9. The van der Waals surface area contributed by atoms with Gasteiger partial charge in [0.05, 0.1) is 97.5 Å². The number of nitrogens with one attached hydrogen (secondary N) is 6. The van der Waals surface area contributed by atoms with Crippen molar-refractivity contribution in [3.05, 3.63) is 103 Å². The van der Waals surface area contributed by atoms with Gasteiger partial charge in [0.2, 0.25) is 0 Å². The number of nitrogens with two attached hydrogens (primary N) is 3. The number of urea groups is 3. The highest BCUT2D eigenvalue weighted by Gasteiger charge is 2.27. The largest absolute Gasteiger partial charge is 0.465 e. The van der Waals surface area contributed by atoms with Gasteiger partial charge in [0.15, 0.2) is 5.78 Å². The molecule has 23 nitrogen and oxygen atoms in total. The van der Waals surface area contributed by atoms with Crippen LogP contribution < -0.4 is 49.1 Å². The number of hydrogen-bond donors (Lipinski definition) is 9. The number of carbonyl (C=O) groups excluding carboxylic acids is 9. The molecule has 384 valence electrons. The van der Waals surface area contributed by atoms with E-state index in [1.807, 2.05) is 20.8 Å². The third kappa shape index (κ3) is 12.7. The van der Waals surface area contributed by atoms with Crippen molar-refractivity contribution in [3.63, 3.8) is 0 Å². The minimum atomic E-state index is -0.887. The molecule has 0 spiro atoms. The van der Waals surface area contributed by atoms with E-state index in [0.29, 0.717) is 36.0 Å². The van der Waals surface area contributed by atoms with Gasteiger partial charge >= 0.3 is 47.9 Å². The molecule has 12 N–H and O–H groups in total. The molecule has 0 saturated carbocycles. The molecule has 0 aliphatic heterocycles. The van der Waals surface area contributed by atoms with Crippen molar-refractivity contribution in [1.82, 2.24) is 16.0 Å². The van der Waals surface area contributed by atoms with E-state index in [0.717, 1.165) is 52.2 Å². The molecule has 0 heterocycles. The van der Waals surface area contributed by atoms with Crippen molar-refractivity contribution >= 4 is 87.8 Å². The van der Waals surface area contributed by atoms with E-state index in [9.17, 15) is 43.2 Å². The van der Waals surface area contributed by atoms with Gasteiger partial charge in [0.1, 0.15) is 0 Å². The summed E-state index contributed by atoms with van der Waals surface area (Å²) < 4.78 is 24.0. The fraction of sp³-hybridized carbons (Fsp3) is 0.327. The maximum Gasteiger partial charge on any atom is 0.338 e. The van der Waals surface area contributed by atoms with Gasteiger partial charge in [0.25, 0.3) is 0 Å². The van der Waals surface area contributed by atoms with Gasteiger partial charge in [-0.05, 0) is 89.0 Å². The van der Waals surface area contributed by atoms with Crippen molar-refractivity contribution in [1.29, 1.82) is 0 Å². The van der Waals surface area contributed by atoms with Crippen LogP contribution in [0.25, 0.3) is 0 Å². The van der Waals surface area contributed by atoms with Gasteiger partial charge in [-0.15, -0.1) is 0 Å². The summed E-state index contributed by atoms with van der Waals surface area (Å²) in [5.74, 6) is -4.67. The fourth-order valence-corrected chi connectivity index (χ4v) is 8.01. The van der Waals surface area contributed by atoms with Crippen molar-refractivity contribution in [2.75, 3.05) is 68.7 Å². The Balaban J connectivity index is 1.78. The van der Waals surface area contributed by atoms with E-state index in [1.54, 1.807) is 6.92 Å². The molecule has 0 saturated heterocycles. The number of anilines is 6. The van der Waals surface area contributed by atoms with Crippen molar-refractivity contribution in [2.45, 2.75) is 73.0 Å². The summed E-state index contributed by atoms with van der Waals surface area (Å²) in [5, 5.41) is 16.4. The highest BCUT2D eigenvalue weighted by atomic mass is 16.5. The van der Waals surface area contributed by atoms with E-state index in [2.05, 4.69) is 31.9 Å². The van der Waals surface area contributed by atoms with Crippen molar-refractivity contribution in [3.8, 4) is 0 Å². The topological polar surface area (TPSA) is 350 Å². The first-order valence-corrected chi connectivity index (χ1v) is 22.3. The number of esters is 5. The van der Waals surface area contributed by atoms with Gasteiger partial charge in [-0.1, -0.05) is 27.7 Å². The van der Waals surface area contributed by atoms with Crippen LogP contribution in [0.2, 0.25) is 0 Å². The van der Waals surface area contributed by atoms with Crippen LogP contribution in [0, 0.1) is 0 Å². The first-order chi connectivity index (χ1) is 34.3. The van der Waals surface area contributed by atoms with Gasteiger partial charge in [-0.25, -0.2) is 38.4 Å². The lowest BCUT2D eigenvalue weighted by molar-refractivity contribution is 0.0555. The standard InChI is InChI=1S/C49H59N9O14/c1-10-23-32(20-53-47(65)56-38-17-26(41(59)13-4)27(14-35(38)50)42(60)68-5)24(11-2)34(22-55-49(67)58-40-19-31(46(64)72-9)29(16-37(40)52)44(62)70-7)25(12-3)33(23)21-54-48(66)57-39-18-30(45(63)71-8)28(15-36(39)51)43(61)69-6/h14-19H,10-13,20-22,50-52H2,1-9H3,(H2,53,56,65)(H2,54,57,66)(H2,55,58,67). The van der Waals surface area contributed by atoms with Crippen LogP contribution in [0.1, 0.15) is 130 Å². The predicted molar refractivity (Wildman–Crippen MR) is 266 cm³/mol. The summed E-state index contributed by atoms with van der Waals surface area (Å²) >= 11 is 0. The maximum absolute atomic E-state index is 13.7. The second kappa shape index (κ2) is 25.1. The van der Waals surface area contributed by atoms with Gasteiger partial charge in [-0.2, -0.15) is 0 Å². The SMILES string of the molecule is CCC(=O)c1cc(NC(=O)NCc2c(CC)c(CNC(=O)Nc3cc(C(=O)OC)c(C(=O)OC)cc3N)c(CC)c(CNC(=O)Nc3cc(C(=O)OC)c(C(=O)OC)cc3N)c2CC)c(N)cc1C(=O)OC. The zero-order valence-corrected chi connectivity index (χ0v) is 41.4. The van der Waals surface area contributed by atoms with Crippen molar-refractivity contribution in [2.24, 2.45) is 0 Å². The van der Waals surface area contributed by atoms with E-state index >= 15 is 0 Å². The number of ketones is 1. The number of amides is 6. The molecular weight excluding hydrogens is 939 g/mol. The Labute approximate surface area is 414 Å². The molecule has 0 fully saturated rings. The van der Waals surface area contributed by atoms with Crippen molar-refractivity contribution < 1.29 is 66.8 Å². The predicted octanol–water partition coefficient (Wildman–Crippen LogP) is 5.61. The molecule has 4 aromatic rings. The molecule has 72 heavy (non-hydrogen) atoms. The monoisotopic (exact) mass is 997 g/mol. The van der Waals surface area contributed by atoms with Gasteiger partial charge in [0, 0.05) is 31.6 Å². The number of nitrogen functional groups attached to an aromatic ring is 3. The summed E-state index contributed by atoms with van der Waals surface area (Å²) in [4.78, 5) is 117. The smallest absolute Gasteiger partial charge is 0.338 e. The average Bonchev–Trinajstić information content (AvgIpc) is 3.38. The Morgan fingerprint density at radius 3 is 0.847 bits per heavy atom. The van der Waals surface area contributed by atoms with Gasteiger partial charge in [-0.3, -0.25) is 4.79 Å². The van der Waals surface area contributed by atoms with E-state index in [-0.39, 0.29) is 93.6 Å². The molecule has 0 unspecified atom stereocenters. The summed E-state index contributed by atoms with van der Waals surface area (Å²) in [5.41, 5.74) is 21.8. The lowest BCUT2D eigenvalue weighted by atomic mass is 9.83. The summed E-state index contributed by atoms with van der Waals surface area (Å²) in [6, 6.07) is 5.01. The molecule has 4 rings (SSSR count). The van der Waals surface area contributed by atoms with E-state index in [4.69, 9.17) is 40.9 Å². The van der Waals surface area contributed by atoms with Crippen LogP contribution >= 0.6 is 0 Å². The van der Waals surface area contributed by atoms with Crippen LogP contribution in [-0.2, 0) is 62.6 Å². The summed E-state index contributed by atoms with van der Waals surface area (Å²) in [6.45, 7) is 6.96. The zero-order valence-electron chi connectivity index (χ0n) is 41.4. The molecule has 0 atom stereocenters. The molecule has 23 heteroatoms. The normalized spacial score (nSPS) is 10.5. The quantitative estimate of drug-likeness (QED) is 0.0238. The minimum absolute atomic E-state index is 0.00232. The molecular formula is C49H59N9O14. The lowest BCUT2D eigenvalue weighted by Crippen LogP contribution is -2.33. The van der Waals surface area contributed by atoms with Crippen LogP contribution in [0.3, 0.4) is 0 Å². The first kappa shape index (κ1) is 55.7. The number of methoxy groups -OCH3 is 5. The lowest BCUT2D eigenvalue weighted by Gasteiger charge is -2.27. The average molecular weight is 998 g/mol. The first-order valence-electron chi connectivity index (χ1n) is 22.3. The number of rotatable bonds is 19.